The predicted octanol–water partition coefficient (Wildman–Crippen LogP) is 4.56. The Morgan fingerprint density at radius 3 is 2.22 bits per heavy atom. The van der Waals surface area contributed by atoms with E-state index in [4.69, 9.17) is 0 Å². The molecule has 27 heavy (non-hydrogen) atoms. The summed E-state index contributed by atoms with van der Waals surface area (Å²) in [7, 11) is 0. The Labute approximate surface area is 162 Å². The SMILES string of the molecule is CCN(CC)c1ccc(NC(=O)c2ccc(N3CCCCCC3)cn2)cc1. The normalized spacial score (nSPS) is 14.5. The van der Waals surface area contributed by atoms with E-state index in [0.717, 1.165) is 43.2 Å². The molecule has 5 nitrogen and oxygen atoms in total. The minimum absolute atomic E-state index is 0.173. The number of amides is 1. The summed E-state index contributed by atoms with van der Waals surface area (Å²) >= 11 is 0. The molecule has 5 heteroatoms. The van der Waals surface area contributed by atoms with Crippen molar-refractivity contribution in [2.45, 2.75) is 39.5 Å². The minimum atomic E-state index is -0.173. The van der Waals surface area contributed by atoms with Gasteiger partial charge in [0, 0.05) is 37.6 Å². The first kappa shape index (κ1) is 19.2. The van der Waals surface area contributed by atoms with Gasteiger partial charge in [-0.15, -0.1) is 0 Å². The van der Waals surface area contributed by atoms with Crippen molar-refractivity contribution in [3.05, 3.63) is 48.3 Å². The quantitative estimate of drug-likeness (QED) is 0.814. The number of anilines is 3. The van der Waals surface area contributed by atoms with E-state index in [-0.39, 0.29) is 5.91 Å². The van der Waals surface area contributed by atoms with Crippen LogP contribution in [0.2, 0.25) is 0 Å². The lowest BCUT2D eigenvalue weighted by Gasteiger charge is -2.22. The summed E-state index contributed by atoms with van der Waals surface area (Å²) in [6, 6.07) is 11.8. The van der Waals surface area contributed by atoms with E-state index in [9.17, 15) is 4.79 Å². The summed E-state index contributed by atoms with van der Waals surface area (Å²) in [5, 5.41) is 2.94. The van der Waals surface area contributed by atoms with E-state index in [1.54, 1.807) is 0 Å². The molecule has 2 aromatic rings. The van der Waals surface area contributed by atoms with Crippen molar-refractivity contribution in [3.63, 3.8) is 0 Å². The Balaban J connectivity index is 1.62. The molecule has 0 aliphatic carbocycles. The van der Waals surface area contributed by atoms with Crippen LogP contribution < -0.4 is 15.1 Å². The number of benzene rings is 1. The van der Waals surface area contributed by atoms with Crippen molar-refractivity contribution in [2.24, 2.45) is 0 Å². The van der Waals surface area contributed by atoms with Gasteiger partial charge in [-0.25, -0.2) is 4.98 Å². The Kier molecular flexibility index (Phi) is 6.69. The molecule has 1 fully saturated rings. The number of pyridine rings is 1. The van der Waals surface area contributed by atoms with Gasteiger partial charge in [-0.05, 0) is 63.1 Å². The van der Waals surface area contributed by atoms with Gasteiger partial charge >= 0.3 is 0 Å². The first-order chi connectivity index (χ1) is 13.2. The van der Waals surface area contributed by atoms with Gasteiger partial charge in [-0.3, -0.25) is 4.79 Å². The van der Waals surface area contributed by atoms with Gasteiger partial charge in [0.05, 0.1) is 11.9 Å². The number of nitrogens with one attached hydrogen (secondary N) is 1. The van der Waals surface area contributed by atoms with Crippen LogP contribution in [0.4, 0.5) is 17.1 Å². The summed E-state index contributed by atoms with van der Waals surface area (Å²) in [4.78, 5) is 21.5. The highest BCUT2D eigenvalue weighted by molar-refractivity contribution is 6.03. The van der Waals surface area contributed by atoms with Gasteiger partial charge in [0.1, 0.15) is 5.69 Å². The van der Waals surface area contributed by atoms with E-state index in [1.165, 1.54) is 25.7 Å². The Morgan fingerprint density at radius 1 is 1.00 bits per heavy atom. The molecule has 1 aliphatic heterocycles. The zero-order valence-electron chi connectivity index (χ0n) is 16.4. The number of carbonyl (C=O) groups is 1. The fourth-order valence-electron chi connectivity index (χ4n) is 3.58. The summed E-state index contributed by atoms with van der Waals surface area (Å²) in [5.74, 6) is -0.173. The molecule has 1 aromatic heterocycles. The molecular weight excluding hydrogens is 336 g/mol. The zero-order valence-corrected chi connectivity index (χ0v) is 16.4. The summed E-state index contributed by atoms with van der Waals surface area (Å²) in [6.07, 6.45) is 6.89. The van der Waals surface area contributed by atoms with Gasteiger partial charge < -0.3 is 15.1 Å². The number of hydrogen-bond donors (Lipinski definition) is 1. The van der Waals surface area contributed by atoms with Crippen LogP contribution in [0.1, 0.15) is 50.0 Å². The van der Waals surface area contributed by atoms with Crippen LogP contribution in [0.5, 0.6) is 0 Å². The van der Waals surface area contributed by atoms with Gasteiger partial charge in [0.25, 0.3) is 5.91 Å². The van der Waals surface area contributed by atoms with Crippen LogP contribution in [0.15, 0.2) is 42.6 Å². The molecule has 0 atom stereocenters. The molecule has 0 spiro atoms. The maximum absolute atomic E-state index is 12.5. The molecule has 1 aromatic carbocycles. The number of aromatic nitrogens is 1. The zero-order chi connectivity index (χ0) is 19.1. The van der Waals surface area contributed by atoms with Gasteiger partial charge in [0.2, 0.25) is 0 Å². The molecule has 144 valence electrons. The summed E-state index contributed by atoms with van der Waals surface area (Å²) < 4.78 is 0. The van der Waals surface area contributed by atoms with E-state index in [2.05, 4.69) is 33.9 Å². The van der Waals surface area contributed by atoms with Crippen molar-refractivity contribution in [3.8, 4) is 0 Å². The number of rotatable bonds is 6. The average Bonchev–Trinajstić information content (AvgIpc) is 3.00. The number of hydrogen-bond acceptors (Lipinski definition) is 4. The van der Waals surface area contributed by atoms with Gasteiger partial charge in [-0.1, -0.05) is 12.8 Å². The van der Waals surface area contributed by atoms with Crippen LogP contribution in [-0.2, 0) is 0 Å². The minimum Gasteiger partial charge on any atom is -0.372 e. The highest BCUT2D eigenvalue weighted by atomic mass is 16.1. The number of nitrogens with zero attached hydrogens (tertiary/aromatic N) is 3. The van der Waals surface area contributed by atoms with Gasteiger partial charge in [0.15, 0.2) is 0 Å². The van der Waals surface area contributed by atoms with Crippen LogP contribution in [-0.4, -0.2) is 37.1 Å². The molecule has 2 heterocycles. The maximum atomic E-state index is 12.5. The third-order valence-electron chi connectivity index (χ3n) is 5.21. The second-order valence-corrected chi connectivity index (χ2v) is 6.98. The average molecular weight is 367 g/mol. The summed E-state index contributed by atoms with van der Waals surface area (Å²) in [5.41, 5.74) is 3.51. The van der Waals surface area contributed by atoms with E-state index in [1.807, 2.05) is 42.6 Å². The number of carbonyl (C=O) groups excluding carboxylic acids is 1. The lowest BCUT2D eigenvalue weighted by atomic mass is 10.2. The molecule has 1 amide bonds. The van der Waals surface area contributed by atoms with E-state index in [0.29, 0.717) is 5.69 Å². The molecule has 0 radical (unpaired) electrons. The molecule has 1 N–H and O–H groups in total. The van der Waals surface area contributed by atoms with Crippen molar-refractivity contribution in [2.75, 3.05) is 41.3 Å². The van der Waals surface area contributed by atoms with Crippen molar-refractivity contribution >= 4 is 23.0 Å². The summed E-state index contributed by atoms with van der Waals surface area (Å²) in [6.45, 7) is 8.36. The fourth-order valence-corrected chi connectivity index (χ4v) is 3.58. The third kappa shape index (κ3) is 5.00. The van der Waals surface area contributed by atoms with Crippen LogP contribution in [0, 0.1) is 0 Å². The monoisotopic (exact) mass is 366 g/mol. The third-order valence-corrected chi connectivity index (χ3v) is 5.21. The standard InChI is InChI=1S/C22H30N4O/c1-3-25(4-2)19-11-9-18(10-12-19)24-22(27)21-14-13-20(17-23-21)26-15-7-5-6-8-16-26/h9-14,17H,3-8,15-16H2,1-2H3,(H,24,27). The molecule has 1 saturated heterocycles. The van der Waals surface area contributed by atoms with Crippen LogP contribution in [0.3, 0.4) is 0 Å². The Hall–Kier alpha value is -2.56. The lowest BCUT2D eigenvalue weighted by molar-refractivity contribution is 0.102. The largest absolute Gasteiger partial charge is 0.372 e. The molecule has 0 unspecified atom stereocenters. The van der Waals surface area contributed by atoms with Crippen molar-refractivity contribution in [1.29, 1.82) is 0 Å². The molecule has 1 aliphatic rings. The highest BCUT2D eigenvalue weighted by Gasteiger charge is 2.12. The highest BCUT2D eigenvalue weighted by Crippen LogP contribution is 2.20. The topological polar surface area (TPSA) is 48.5 Å². The van der Waals surface area contributed by atoms with E-state index >= 15 is 0 Å². The molecule has 3 rings (SSSR count). The Morgan fingerprint density at radius 2 is 1.67 bits per heavy atom. The van der Waals surface area contributed by atoms with Crippen molar-refractivity contribution < 1.29 is 4.79 Å². The smallest absolute Gasteiger partial charge is 0.274 e. The van der Waals surface area contributed by atoms with E-state index < -0.39 is 0 Å². The Bertz CT molecular complexity index is 715. The first-order valence-corrected chi connectivity index (χ1v) is 10.1. The van der Waals surface area contributed by atoms with Gasteiger partial charge in [-0.2, -0.15) is 0 Å². The molecular formula is C22H30N4O. The lowest BCUT2D eigenvalue weighted by Crippen LogP contribution is -2.24. The fraction of sp³-hybridized carbons (Fsp3) is 0.455. The van der Waals surface area contributed by atoms with Crippen molar-refractivity contribution in [1.82, 2.24) is 4.98 Å². The predicted molar refractivity (Wildman–Crippen MR) is 113 cm³/mol. The van der Waals surface area contributed by atoms with Crippen LogP contribution >= 0.6 is 0 Å². The second-order valence-electron chi connectivity index (χ2n) is 6.98. The first-order valence-electron chi connectivity index (χ1n) is 10.1. The maximum Gasteiger partial charge on any atom is 0.274 e. The molecule has 0 bridgehead atoms. The molecule has 0 saturated carbocycles. The van der Waals surface area contributed by atoms with Crippen LogP contribution in [0.25, 0.3) is 0 Å². The second kappa shape index (κ2) is 9.40.